The van der Waals surface area contributed by atoms with E-state index in [0.717, 1.165) is 56.0 Å². The number of nitrogens with zero attached hydrogens (tertiary/aromatic N) is 3. The Hall–Kier alpha value is -1.84. The summed E-state index contributed by atoms with van der Waals surface area (Å²) >= 11 is 0. The van der Waals surface area contributed by atoms with Crippen LogP contribution >= 0.6 is 24.0 Å². The highest BCUT2D eigenvalue weighted by atomic mass is 127. The van der Waals surface area contributed by atoms with E-state index in [1.807, 2.05) is 6.92 Å². The molecule has 1 fully saturated rings. The van der Waals surface area contributed by atoms with Crippen molar-refractivity contribution in [2.75, 3.05) is 13.1 Å². The summed E-state index contributed by atoms with van der Waals surface area (Å²) < 4.78 is 11.4. The van der Waals surface area contributed by atoms with Crippen molar-refractivity contribution in [2.24, 2.45) is 4.99 Å². The highest BCUT2D eigenvalue weighted by Crippen LogP contribution is 2.28. The first-order chi connectivity index (χ1) is 14.1. The lowest BCUT2D eigenvalue weighted by atomic mass is 10.1. The summed E-state index contributed by atoms with van der Waals surface area (Å²) in [7, 11) is 0. The van der Waals surface area contributed by atoms with Crippen LogP contribution in [0.15, 0.2) is 27.7 Å². The van der Waals surface area contributed by atoms with E-state index in [4.69, 9.17) is 14.3 Å². The van der Waals surface area contributed by atoms with Crippen LogP contribution in [0.3, 0.4) is 0 Å². The Bertz CT molecular complexity index is 803. The molecule has 1 aliphatic carbocycles. The zero-order valence-corrected chi connectivity index (χ0v) is 20.6. The molecule has 7 nitrogen and oxygen atoms in total. The number of ether oxygens (including phenoxy) is 1. The number of rotatable bonds is 9. The van der Waals surface area contributed by atoms with Gasteiger partial charge in [0.1, 0.15) is 5.75 Å². The molecule has 30 heavy (non-hydrogen) atoms. The van der Waals surface area contributed by atoms with Crippen molar-refractivity contribution in [1.82, 2.24) is 20.8 Å². The Labute approximate surface area is 196 Å². The number of aromatic nitrogens is 2. The molecule has 1 heterocycles. The van der Waals surface area contributed by atoms with E-state index in [1.54, 1.807) is 0 Å². The maximum absolute atomic E-state index is 6.30. The van der Waals surface area contributed by atoms with E-state index in [-0.39, 0.29) is 24.0 Å². The predicted octanol–water partition coefficient (Wildman–Crippen LogP) is 4.31. The van der Waals surface area contributed by atoms with Crippen LogP contribution in [0.2, 0.25) is 0 Å². The van der Waals surface area contributed by atoms with Crippen molar-refractivity contribution in [2.45, 2.75) is 71.9 Å². The van der Waals surface area contributed by atoms with Crippen molar-refractivity contribution in [1.29, 1.82) is 0 Å². The number of guanidine groups is 1. The van der Waals surface area contributed by atoms with Gasteiger partial charge in [0.15, 0.2) is 11.8 Å². The number of hydrogen-bond donors (Lipinski definition) is 2. The molecule has 2 N–H and O–H groups in total. The lowest BCUT2D eigenvalue weighted by Crippen LogP contribution is -2.37. The second-order valence-electron chi connectivity index (χ2n) is 7.60. The van der Waals surface area contributed by atoms with Crippen molar-refractivity contribution in [3.8, 4) is 5.75 Å². The highest BCUT2D eigenvalue weighted by Gasteiger charge is 2.18. The summed E-state index contributed by atoms with van der Waals surface area (Å²) in [5.41, 5.74) is 2.34. The van der Waals surface area contributed by atoms with Gasteiger partial charge in [-0.3, -0.25) is 0 Å². The maximum Gasteiger partial charge on any atom is 0.226 e. The summed E-state index contributed by atoms with van der Waals surface area (Å²) in [5.74, 6) is 3.14. The quantitative estimate of drug-likeness (QED) is 0.219. The summed E-state index contributed by atoms with van der Waals surface area (Å²) in [6, 6.07) is 6.39. The Morgan fingerprint density at radius 2 is 2.03 bits per heavy atom. The summed E-state index contributed by atoms with van der Waals surface area (Å²) in [5, 5.41) is 10.5. The van der Waals surface area contributed by atoms with Gasteiger partial charge in [-0.1, -0.05) is 17.3 Å². The third kappa shape index (κ3) is 7.77. The molecule has 1 aromatic carbocycles. The molecule has 3 rings (SSSR count). The Balaban J connectivity index is 0.00000320. The summed E-state index contributed by atoms with van der Waals surface area (Å²) in [6.45, 7) is 8.18. The number of nitrogens with one attached hydrogen (secondary N) is 2. The fourth-order valence-corrected chi connectivity index (χ4v) is 3.48. The molecule has 0 bridgehead atoms. The molecule has 1 aliphatic rings. The first-order valence-electron chi connectivity index (χ1n) is 10.7. The Kier molecular flexibility index (Phi) is 10.4. The van der Waals surface area contributed by atoms with Crippen molar-refractivity contribution >= 4 is 29.9 Å². The van der Waals surface area contributed by atoms with Gasteiger partial charge in [-0.05, 0) is 64.5 Å². The SMILES string of the molecule is CCNC(=NCc1ccc(C)cc1OC1CCCC1)NCCCc1nc(C)no1.I. The Morgan fingerprint density at radius 3 is 2.73 bits per heavy atom. The van der Waals surface area contributed by atoms with Crippen LogP contribution in [0.25, 0.3) is 0 Å². The molecule has 0 aliphatic heterocycles. The molecule has 166 valence electrons. The zero-order valence-electron chi connectivity index (χ0n) is 18.2. The van der Waals surface area contributed by atoms with Crippen LogP contribution in [-0.2, 0) is 13.0 Å². The molecule has 0 amide bonds. The third-order valence-electron chi connectivity index (χ3n) is 5.00. The lowest BCUT2D eigenvalue weighted by molar-refractivity contribution is 0.208. The number of benzene rings is 1. The monoisotopic (exact) mass is 527 g/mol. The van der Waals surface area contributed by atoms with E-state index in [0.29, 0.717) is 24.4 Å². The normalized spacial score (nSPS) is 14.4. The van der Waals surface area contributed by atoms with Crippen molar-refractivity contribution in [3.05, 3.63) is 41.0 Å². The maximum atomic E-state index is 6.30. The molecule has 0 radical (unpaired) electrons. The van der Waals surface area contributed by atoms with Crippen LogP contribution in [0, 0.1) is 13.8 Å². The number of aryl methyl sites for hydroxylation is 3. The molecule has 0 saturated heterocycles. The van der Waals surface area contributed by atoms with Gasteiger partial charge in [0.25, 0.3) is 0 Å². The van der Waals surface area contributed by atoms with Crippen LogP contribution < -0.4 is 15.4 Å². The van der Waals surface area contributed by atoms with Crippen molar-refractivity contribution in [3.63, 3.8) is 0 Å². The minimum Gasteiger partial charge on any atom is -0.490 e. The smallest absolute Gasteiger partial charge is 0.226 e. The topological polar surface area (TPSA) is 84.6 Å². The van der Waals surface area contributed by atoms with Gasteiger partial charge < -0.3 is 19.9 Å². The van der Waals surface area contributed by atoms with E-state index < -0.39 is 0 Å². The van der Waals surface area contributed by atoms with Gasteiger partial charge in [0.2, 0.25) is 5.89 Å². The Morgan fingerprint density at radius 1 is 1.23 bits per heavy atom. The fraction of sp³-hybridized carbons (Fsp3) is 0.591. The number of halogens is 1. The van der Waals surface area contributed by atoms with Crippen LogP contribution in [0.5, 0.6) is 5.75 Å². The molecule has 0 unspecified atom stereocenters. The van der Waals surface area contributed by atoms with E-state index in [2.05, 4.69) is 52.8 Å². The molecule has 0 spiro atoms. The number of hydrogen-bond acceptors (Lipinski definition) is 5. The molecule has 0 atom stereocenters. The lowest BCUT2D eigenvalue weighted by Gasteiger charge is -2.17. The standard InChI is InChI=1S/C22H33N5O2.HI/c1-4-23-22(24-13-7-10-21-26-17(3)27-29-21)25-15-18-12-11-16(2)14-20(18)28-19-8-5-6-9-19;/h11-12,14,19H,4-10,13,15H2,1-3H3,(H2,23,24,25);1H. The van der Waals surface area contributed by atoms with Gasteiger partial charge in [0.05, 0.1) is 12.6 Å². The van der Waals surface area contributed by atoms with Gasteiger partial charge >= 0.3 is 0 Å². The average molecular weight is 527 g/mol. The molecular formula is C22H34IN5O2. The van der Waals surface area contributed by atoms with Gasteiger partial charge in [0, 0.05) is 25.1 Å². The van der Waals surface area contributed by atoms with E-state index >= 15 is 0 Å². The van der Waals surface area contributed by atoms with Gasteiger partial charge in [-0.25, -0.2) is 4.99 Å². The second kappa shape index (κ2) is 12.8. The second-order valence-corrected chi connectivity index (χ2v) is 7.60. The number of aliphatic imine (C=N–C) groups is 1. The van der Waals surface area contributed by atoms with Crippen LogP contribution in [0.4, 0.5) is 0 Å². The fourth-order valence-electron chi connectivity index (χ4n) is 3.48. The van der Waals surface area contributed by atoms with Gasteiger partial charge in [-0.15, -0.1) is 24.0 Å². The highest BCUT2D eigenvalue weighted by molar-refractivity contribution is 14.0. The molecule has 2 aromatic rings. The summed E-state index contributed by atoms with van der Waals surface area (Å²) in [6.07, 6.45) is 6.83. The predicted molar refractivity (Wildman–Crippen MR) is 130 cm³/mol. The third-order valence-corrected chi connectivity index (χ3v) is 5.00. The molecular weight excluding hydrogens is 493 g/mol. The van der Waals surface area contributed by atoms with Gasteiger partial charge in [-0.2, -0.15) is 4.98 Å². The first kappa shape index (κ1) is 24.4. The molecule has 8 heteroatoms. The van der Waals surface area contributed by atoms with Crippen molar-refractivity contribution < 1.29 is 9.26 Å². The summed E-state index contributed by atoms with van der Waals surface area (Å²) in [4.78, 5) is 8.99. The van der Waals surface area contributed by atoms with E-state index in [9.17, 15) is 0 Å². The minimum absolute atomic E-state index is 0. The molecule has 1 aromatic heterocycles. The minimum atomic E-state index is 0. The van der Waals surface area contributed by atoms with Crippen LogP contribution in [0.1, 0.15) is 61.9 Å². The van der Waals surface area contributed by atoms with E-state index in [1.165, 1.54) is 18.4 Å². The molecule has 1 saturated carbocycles. The zero-order chi connectivity index (χ0) is 20.5. The average Bonchev–Trinajstić information content (AvgIpc) is 3.36. The first-order valence-corrected chi connectivity index (χ1v) is 10.7. The van der Waals surface area contributed by atoms with Crippen LogP contribution in [-0.4, -0.2) is 35.3 Å². The largest absolute Gasteiger partial charge is 0.490 e.